The van der Waals surface area contributed by atoms with Gasteiger partial charge in [0.2, 0.25) is 11.8 Å². The van der Waals surface area contributed by atoms with Gasteiger partial charge in [-0.15, -0.1) is 0 Å². The summed E-state index contributed by atoms with van der Waals surface area (Å²) >= 11 is 0. The number of hydrogen-bond acceptors (Lipinski definition) is 6. The molecule has 0 spiro atoms. The molecule has 1 aromatic rings. The second-order valence-electron chi connectivity index (χ2n) is 5.69. The number of nitrogens with zero attached hydrogens (tertiary/aromatic N) is 1. The minimum atomic E-state index is -1.46. The normalized spacial score (nSPS) is 14.7. The molecule has 0 saturated heterocycles. The standard InChI is InChI=1S/C14H23N5O5/c1-7(2)11(15)13(22)18-9(3-8-4-16-6-17-8)12(21)19-10(5-20)14(23)24/h4,6-7,9-11,20H,3,5,15H2,1-2H3,(H,16,17)(H,18,22)(H,19,21)(H,23,24)/t9-,10-,11-/m0/s1. The van der Waals surface area contributed by atoms with Crippen molar-refractivity contribution in [2.45, 2.75) is 38.4 Å². The van der Waals surface area contributed by atoms with E-state index in [2.05, 4.69) is 20.6 Å². The van der Waals surface area contributed by atoms with E-state index in [0.717, 1.165) is 0 Å². The molecule has 0 aliphatic heterocycles. The van der Waals surface area contributed by atoms with Crippen molar-refractivity contribution in [1.29, 1.82) is 0 Å². The van der Waals surface area contributed by atoms with Crippen LogP contribution in [0.1, 0.15) is 19.5 Å². The number of nitrogens with two attached hydrogens (primary N) is 1. The van der Waals surface area contributed by atoms with Gasteiger partial charge in [0, 0.05) is 18.3 Å². The number of nitrogens with one attached hydrogen (secondary N) is 3. The summed E-state index contributed by atoms with van der Waals surface area (Å²) in [5.41, 5.74) is 6.33. The van der Waals surface area contributed by atoms with Crippen LogP contribution in [0.15, 0.2) is 12.5 Å². The van der Waals surface area contributed by atoms with E-state index in [1.165, 1.54) is 12.5 Å². The van der Waals surface area contributed by atoms with Crippen LogP contribution in [0.2, 0.25) is 0 Å². The zero-order chi connectivity index (χ0) is 18.3. The zero-order valence-electron chi connectivity index (χ0n) is 13.5. The number of aliphatic carboxylic acids is 1. The number of imidazole rings is 1. The molecule has 0 fully saturated rings. The molecule has 10 nitrogen and oxygen atoms in total. The highest BCUT2D eigenvalue weighted by atomic mass is 16.4. The van der Waals surface area contributed by atoms with Crippen LogP contribution in [-0.4, -0.2) is 62.7 Å². The van der Waals surface area contributed by atoms with Crippen molar-refractivity contribution in [1.82, 2.24) is 20.6 Å². The van der Waals surface area contributed by atoms with Gasteiger partial charge < -0.3 is 31.6 Å². The summed E-state index contributed by atoms with van der Waals surface area (Å²) in [4.78, 5) is 42.0. The lowest BCUT2D eigenvalue weighted by molar-refractivity contribution is -0.143. The topological polar surface area (TPSA) is 170 Å². The molecule has 0 bridgehead atoms. The van der Waals surface area contributed by atoms with Gasteiger partial charge in [0.1, 0.15) is 12.1 Å². The van der Waals surface area contributed by atoms with E-state index in [4.69, 9.17) is 15.9 Å². The molecule has 0 aliphatic rings. The maximum absolute atomic E-state index is 12.3. The summed E-state index contributed by atoms with van der Waals surface area (Å²) in [6, 6.07) is -3.33. The highest BCUT2D eigenvalue weighted by Gasteiger charge is 2.28. The maximum Gasteiger partial charge on any atom is 0.328 e. The fourth-order valence-corrected chi connectivity index (χ4v) is 1.85. The molecule has 0 radical (unpaired) electrons. The number of hydrogen-bond donors (Lipinski definition) is 6. The fourth-order valence-electron chi connectivity index (χ4n) is 1.85. The van der Waals surface area contributed by atoms with Gasteiger partial charge >= 0.3 is 5.97 Å². The first-order chi connectivity index (χ1) is 11.3. The molecular weight excluding hydrogens is 318 g/mol. The third-order valence-electron chi connectivity index (χ3n) is 3.43. The summed E-state index contributed by atoms with van der Waals surface area (Å²) in [7, 11) is 0. The minimum absolute atomic E-state index is 0.0696. The van der Waals surface area contributed by atoms with Crippen LogP contribution >= 0.6 is 0 Å². The van der Waals surface area contributed by atoms with Crippen LogP contribution in [0.5, 0.6) is 0 Å². The van der Waals surface area contributed by atoms with Gasteiger partial charge in [0.05, 0.1) is 19.0 Å². The molecule has 0 aliphatic carbocycles. The van der Waals surface area contributed by atoms with Crippen LogP contribution in [0.3, 0.4) is 0 Å². The minimum Gasteiger partial charge on any atom is -0.480 e. The number of aromatic nitrogens is 2. The molecule has 1 rings (SSSR count). The Balaban J connectivity index is 2.86. The lowest BCUT2D eigenvalue weighted by Gasteiger charge is -2.23. The number of aliphatic hydroxyl groups is 1. The molecule has 0 aromatic carbocycles. The third-order valence-corrected chi connectivity index (χ3v) is 3.43. The van der Waals surface area contributed by atoms with Crippen molar-refractivity contribution in [2.24, 2.45) is 11.7 Å². The Labute approximate surface area is 138 Å². The average Bonchev–Trinajstić information content (AvgIpc) is 3.03. The van der Waals surface area contributed by atoms with Crippen LogP contribution < -0.4 is 16.4 Å². The number of aromatic amines is 1. The van der Waals surface area contributed by atoms with Gasteiger partial charge in [0.15, 0.2) is 0 Å². The molecule has 134 valence electrons. The summed E-state index contributed by atoms with van der Waals surface area (Å²) < 4.78 is 0. The number of carbonyl (C=O) groups excluding carboxylic acids is 2. The van der Waals surface area contributed by atoms with E-state index >= 15 is 0 Å². The van der Waals surface area contributed by atoms with Crippen LogP contribution in [0.25, 0.3) is 0 Å². The number of carboxylic acid groups (broad SMARTS) is 1. The van der Waals surface area contributed by atoms with E-state index in [1.807, 2.05) is 0 Å². The average molecular weight is 341 g/mol. The molecule has 24 heavy (non-hydrogen) atoms. The first kappa shape index (κ1) is 19.6. The van der Waals surface area contributed by atoms with Crippen molar-refractivity contribution >= 4 is 17.8 Å². The summed E-state index contributed by atoms with van der Waals surface area (Å²) in [5, 5.41) is 22.6. The van der Waals surface area contributed by atoms with E-state index in [0.29, 0.717) is 5.69 Å². The van der Waals surface area contributed by atoms with Gasteiger partial charge in [-0.2, -0.15) is 0 Å². The Kier molecular flexibility index (Phi) is 7.33. The van der Waals surface area contributed by atoms with Gasteiger partial charge in [-0.3, -0.25) is 9.59 Å². The first-order valence-electron chi connectivity index (χ1n) is 7.43. The lowest BCUT2D eigenvalue weighted by atomic mass is 10.0. The molecule has 0 unspecified atom stereocenters. The molecule has 2 amide bonds. The number of rotatable bonds is 9. The van der Waals surface area contributed by atoms with Gasteiger partial charge in [-0.25, -0.2) is 9.78 Å². The second kappa shape index (κ2) is 8.99. The number of carbonyl (C=O) groups is 3. The zero-order valence-corrected chi connectivity index (χ0v) is 13.5. The van der Waals surface area contributed by atoms with Crippen LogP contribution in [0.4, 0.5) is 0 Å². The smallest absolute Gasteiger partial charge is 0.328 e. The lowest BCUT2D eigenvalue weighted by Crippen LogP contribution is -2.56. The predicted molar refractivity (Wildman–Crippen MR) is 83.7 cm³/mol. The van der Waals surface area contributed by atoms with Gasteiger partial charge in [-0.05, 0) is 5.92 Å². The van der Waals surface area contributed by atoms with Crippen LogP contribution in [-0.2, 0) is 20.8 Å². The highest BCUT2D eigenvalue weighted by Crippen LogP contribution is 2.03. The highest BCUT2D eigenvalue weighted by molar-refractivity contribution is 5.92. The molecule has 1 heterocycles. The first-order valence-corrected chi connectivity index (χ1v) is 7.43. The summed E-state index contributed by atoms with van der Waals surface area (Å²) in [6.07, 6.45) is 2.97. The van der Waals surface area contributed by atoms with E-state index in [-0.39, 0.29) is 12.3 Å². The van der Waals surface area contributed by atoms with E-state index in [9.17, 15) is 14.4 Å². The Morgan fingerprint density at radius 1 is 1.25 bits per heavy atom. The summed E-state index contributed by atoms with van der Waals surface area (Å²) in [5.74, 6) is -2.78. The predicted octanol–water partition coefficient (Wildman–Crippen LogP) is -2.02. The SMILES string of the molecule is CC(C)[C@H](N)C(=O)N[C@@H](Cc1cnc[nH]1)C(=O)N[C@@H](CO)C(=O)O. The van der Waals surface area contributed by atoms with Crippen molar-refractivity contribution < 1.29 is 24.6 Å². The van der Waals surface area contributed by atoms with Crippen LogP contribution in [0, 0.1) is 5.92 Å². The van der Waals surface area contributed by atoms with Crippen molar-refractivity contribution in [2.75, 3.05) is 6.61 Å². The van der Waals surface area contributed by atoms with Gasteiger partial charge in [0.25, 0.3) is 0 Å². The van der Waals surface area contributed by atoms with Crippen molar-refractivity contribution in [3.63, 3.8) is 0 Å². The van der Waals surface area contributed by atoms with Gasteiger partial charge in [-0.1, -0.05) is 13.8 Å². The van der Waals surface area contributed by atoms with Crippen molar-refractivity contribution in [3.8, 4) is 0 Å². The number of amides is 2. The van der Waals surface area contributed by atoms with E-state index in [1.54, 1.807) is 13.8 Å². The molecule has 3 atom stereocenters. The monoisotopic (exact) mass is 341 g/mol. The fraction of sp³-hybridized carbons (Fsp3) is 0.571. The molecule has 1 aromatic heterocycles. The number of carboxylic acids is 1. The maximum atomic E-state index is 12.3. The summed E-state index contributed by atoms with van der Waals surface area (Å²) in [6.45, 7) is 2.76. The van der Waals surface area contributed by atoms with Crippen molar-refractivity contribution in [3.05, 3.63) is 18.2 Å². The Hall–Kier alpha value is -2.46. The number of aliphatic hydroxyl groups excluding tert-OH is 1. The Morgan fingerprint density at radius 3 is 2.33 bits per heavy atom. The quantitative estimate of drug-likeness (QED) is 0.301. The Morgan fingerprint density at radius 2 is 1.88 bits per heavy atom. The molecule has 0 saturated carbocycles. The number of H-pyrrole nitrogens is 1. The third kappa shape index (κ3) is 5.63. The second-order valence-corrected chi connectivity index (χ2v) is 5.69. The molecule has 7 N–H and O–H groups in total. The largest absolute Gasteiger partial charge is 0.480 e. The molecule has 10 heteroatoms. The Bertz CT molecular complexity index is 560. The van der Waals surface area contributed by atoms with E-state index < -0.39 is 42.5 Å². The molecular formula is C14H23N5O5.